The maximum absolute atomic E-state index is 11.9. The van der Waals surface area contributed by atoms with Crippen molar-refractivity contribution in [1.29, 1.82) is 0 Å². The van der Waals surface area contributed by atoms with Crippen molar-refractivity contribution in [3.63, 3.8) is 0 Å². The lowest BCUT2D eigenvalue weighted by atomic mass is 10.1. The fraction of sp³-hybridized carbons (Fsp3) is 0.500. The number of aryl methyl sites for hydroxylation is 2. The van der Waals surface area contributed by atoms with Crippen LogP contribution in [0.2, 0.25) is 0 Å². The Morgan fingerprint density at radius 3 is 3.05 bits per heavy atom. The summed E-state index contributed by atoms with van der Waals surface area (Å²) >= 11 is 0. The summed E-state index contributed by atoms with van der Waals surface area (Å²) in [5.41, 5.74) is 4.46. The first-order valence-electron chi connectivity index (χ1n) is 7.57. The summed E-state index contributed by atoms with van der Waals surface area (Å²) in [7, 11) is 0. The van der Waals surface area contributed by atoms with Crippen LogP contribution in [0, 0.1) is 13.8 Å². The molecule has 1 saturated heterocycles. The highest BCUT2D eigenvalue weighted by molar-refractivity contribution is 5.81. The monoisotopic (exact) mass is 303 g/mol. The normalized spacial score (nSPS) is 18.5. The number of H-pyrrole nitrogens is 1. The van der Waals surface area contributed by atoms with Gasteiger partial charge in [0.1, 0.15) is 5.82 Å². The molecule has 1 aliphatic heterocycles. The zero-order valence-corrected chi connectivity index (χ0v) is 12.9. The third-order valence-electron chi connectivity index (χ3n) is 4.00. The molecule has 1 fully saturated rings. The number of hydrogen-bond donors (Lipinski definition) is 2. The molecule has 6 heteroatoms. The lowest BCUT2D eigenvalue weighted by Gasteiger charge is -2.21. The standard InChI is InChI=1S/C16H21N3O3/c1-10-3-4-12-15(11(10)2)19-14(18-12)5-6-17-16(20)13-9-21-7-8-22-13/h3-4,13H,5-9H2,1-2H3,(H,17,20)(H,18,19)/t13-/m0/s1. The molecule has 0 unspecified atom stereocenters. The molecule has 0 radical (unpaired) electrons. The minimum atomic E-state index is -0.491. The number of nitrogens with zero attached hydrogens (tertiary/aromatic N) is 1. The van der Waals surface area contributed by atoms with Crippen molar-refractivity contribution < 1.29 is 14.3 Å². The van der Waals surface area contributed by atoms with Gasteiger partial charge in [0.2, 0.25) is 0 Å². The van der Waals surface area contributed by atoms with Gasteiger partial charge in [0, 0.05) is 13.0 Å². The van der Waals surface area contributed by atoms with E-state index < -0.39 is 6.10 Å². The fourth-order valence-corrected chi connectivity index (χ4v) is 2.54. The quantitative estimate of drug-likeness (QED) is 0.891. The van der Waals surface area contributed by atoms with Crippen molar-refractivity contribution in [2.75, 3.05) is 26.4 Å². The Morgan fingerprint density at radius 2 is 2.27 bits per heavy atom. The highest BCUT2D eigenvalue weighted by Crippen LogP contribution is 2.19. The number of carbonyl (C=O) groups excluding carboxylic acids is 1. The number of fused-ring (bicyclic) bond motifs is 1. The molecular formula is C16H21N3O3. The molecule has 2 aromatic rings. The highest BCUT2D eigenvalue weighted by atomic mass is 16.6. The Labute approximate surface area is 129 Å². The molecule has 1 aromatic carbocycles. The van der Waals surface area contributed by atoms with Crippen LogP contribution < -0.4 is 5.32 Å². The molecule has 6 nitrogen and oxygen atoms in total. The minimum Gasteiger partial charge on any atom is -0.376 e. The average Bonchev–Trinajstić information content (AvgIpc) is 2.95. The van der Waals surface area contributed by atoms with E-state index in [4.69, 9.17) is 9.47 Å². The summed E-state index contributed by atoms with van der Waals surface area (Å²) in [6, 6.07) is 4.13. The lowest BCUT2D eigenvalue weighted by molar-refractivity contribution is -0.147. The first-order valence-corrected chi connectivity index (χ1v) is 7.57. The molecule has 118 valence electrons. The molecule has 1 amide bonds. The Bertz CT molecular complexity index is 675. The first kappa shape index (κ1) is 15.0. The number of imidazole rings is 1. The maximum atomic E-state index is 11.9. The predicted molar refractivity (Wildman–Crippen MR) is 82.8 cm³/mol. The average molecular weight is 303 g/mol. The van der Waals surface area contributed by atoms with Crippen LogP contribution in [0.15, 0.2) is 12.1 Å². The zero-order valence-electron chi connectivity index (χ0n) is 12.9. The first-order chi connectivity index (χ1) is 10.6. The smallest absolute Gasteiger partial charge is 0.251 e. The number of aromatic amines is 1. The molecule has 1 atom stereocenters. The van der Waals surface area contributed by atoms with Gasteiger partial charge in [-0.2, -0.15) is 0 Å². The summed E-state index contributed by atoms with van der Waals surface area (Å²) in [5, 5.41) is 2.87. The van der Waals surface area contributed by atoms with Crippen molar-refractivity contribution >= 4 is 16.9 Å². The van der Waals surface area contributed by atoms with Gasteiger partial charge in [-0.1, -0.05) is 6.07 Å². The summed E-state index contributed by atoms with van der Waals surface area (Å²) in [5.74, 6) is 0.757. The Hall–Kier alpha value is -1.92. The summed E-state index contributed by atoms with van der Waals surface area (Å²) < 4.78 is 10.6. The van der Waals surface area contributed by atoms with Gasteiger partial charge in [-0.05, 0) is 31.0 Å². The molecule has 0 aliphatic carbocycles. The zero-order chi connectivity index (χ0) is 15.5. The molecule has 0 spiro atoms. The Kier molecular flexibility index (Phi) is 4.40. The van der Waals surface area contributed by atoms with Crippen LogP contribution in [0.4, 0.5) is 0 Å². The van der Waals surface area contributed by atoms with Crippen molar-refractivity contribution in [2.24, 2.45) is 0 Å². The number of aromatic nitrogens is 2. The molecule has 0 saturated carbocycles. The second-order valence-corrected chi connectivity index (χ2v) is 5.56. The van der Waals surface area contributed by atoms with E-state index in [-0.39, 0.29) is 5.91 Å². The van der Waals surface area contributed by atoms with Gasteiger partial charge in [0.15, 0.2) is 6.10 Å². The number of nitrogens with one attached hydrogen (secondary N) is 2. The summed E-state index contributed by atoms with van der Waals surface area (Å²) in [4.78, 5) is 19.8. The molecule has 3 rings (SSSR count). The van der Waals surface area contributed by atoms with E-state index in [1.54, 1.807) is 0 Å². The van der Waals surface area contributed by atoms with Crippen LogP contribution in [0.5, 0.6) is 0 Å². The second kappa shape index (κ2) is 6.46. The van der Waals surface area contributed by atoms with E-state index in [1.165, 1.54) is 11.1 Å². The van der Waals surface area contributed by atoms with Gasteiger partial charge in [0.25, 0.3) is 5.91 Å². The number of carbonyl (C=O) groups is 1. The van der Waals surface area contributed by atoms with E-state index in [1.807, 2.05) is 6.07 Å². The molecule has 2 N–H and O–H groups in total. The number of ether oxygens (including phenoxy) is 2. The lowest BCUT2D eigenvalue weighted by Crippen LogP contribution is -2.43. The van der Waals surface area contributed by atoms with Crippen LogP contribution >= 0.6 is 0 Å². The van der Waals surface area contributed by atoms with E-state index in [0.717, 1.165) is 16.9 Å². The molecule has 22 heavy (non-hydrogen) atoms. The van der Waals surface area contributed by atoms with Gasteiger partial charge in [-0.3, -0.25) is 4.79 Å². The van der Waals surface area contributed by atoms with Crippen LogP contribution in [0.3, 0.4) is 0 Å². The molecule has 1 aromatic heterocycles. The SMILES string of the molecule is Cc1ccc2[nH]c(CCNC(=O)[C@@H]3COCCO3)nc2c1C. The van der Waals surface area contributed by atoms with Gasteiger partial charge < -0.3 is 19.8 Å². The Morgan fingerprint density at radius 1 is 1.41 bits per heavy atom. The van der Waals surface area contributed by atoms with Gasteiger partial charge >= 0.3 is 0 Å². The van der Waals surface area contributed by atoms with Crippen LogP contribution in [0.1, 0.15) is 17.0 Å². The van der Waals surface area contributed by atoms with E-state index in [2.05, 4.69) is 35.2 Å². The van der Waals surface area contributed by atoms with Crippen LogP contribution in [-0.2, 0) is 20.7 Å². The maximum Gasteiger partial charge on any atom is 0.251 e. The van der Waals surface area contributed by atoms with E-state index in [9.17, 15) is 4.79 Å². The van der Waals surface area contributed by atoms with Crippen molar-refractivity contribution in [3.05, 3.63) is 29.1 Å². The third kappa shape index (κ3) is 3.13. The number of amides is 1. The Balaban J connectivity index is 1.57. The van der Waals surface area contributed by atoms with Gasteiger partial charge in [-0.15, -0.1) is 0 Å². The number of hydrogen-bond acceptors (Lipinski definition) is 4. The molecule has 2 heterocycles. The van der Waals surface area contributed by atoms with Crippen LogP contribution in [-0.4, -0.2) is 48.3 Å². The molecule has 0 bridgehead atoms. The minimum absolute atomic E-state index is 0.122. The van der Waals surface area contributed by atoms with Crippen molar-refractivity contribution in [1.82, 2.24) is 15.3 Å². The molecular weight excluding hydrogens is 282 g/mol. The van der Waals surface area contributed by atoms with Crippen molar-refractivity contribution in [3.8, 4) is 0 Å². The van der Waals surface area contributed by atoms with Crippen LogP contribution in [0.25, 0.3) is 11.0 Å². The third-order valence-corrected chi connectivity index (χ3v) is 4.00. The second-order valence-electron chi connectivity index (χ2n) is 5.56. The predicted octanol–water partition coefficient (Wildman–Crippen LogP) is 1.25. The van der Waals surface area contributed by atoms with Gasteiger partial charge in [-0.25, -0.2) is 4.98 Å². The topological polar surface area (TPSA) is 76.2 Å². The van der Waals surface area contributed by atoms with E-state index >= 15 is 0 Å². The summed E-state index contributed by atoms with van der Waals surface area (Å²) in [6.45, 7) is 6.04. The number of benzene rings is 1. The van der Waals surface area contributed by atoms with Gasteiger partial charge in [0.05, 0.1) is 30.9 Å². The summed E-state index contributed by atoms with van der Waals surface area (Å²) in [6.07, 6.45) is 0.168. The fourth-order valence-electron chi connectivity index (χ4n) is 2.54. The molecule has 1 aliphatic rings. The largest absolute Gasteiger partial charge is 0.376 e. The van der Waals surface area contributed by atoms with E-state index in [0.29, 0.717) is 32.8 Å². The highest BCUT2D eigenvalue weighted by Gasteiger charge is 2.22. The number of rotatable bonds is 4. The van der Waals surface area contributed by atoms with Crippen molar-refractivity contribution in [2.45, 2.75) is 26.4 Å².